The normalized spacial score (nSPS) is 35.1. The van der Waals surface area contributed by atoms with Gasteiger partial charge in [0.05, 0.1) is 4.08 Å². The van der Waals surface area contributed by atoms with Crippen molar-refractivity contribution in [2.75, 3.05) is 12.5 Å². The lowest BCUT2D eigenvalue weighted by atomic mass is 9.79. The van der Waals surface area contributed by atoms with Gasteiger partial charge in [0, 0.05) is 12.1 Å². The van der Waals surface area contributed by atoms with Gasteiger partial charge in [-0.05, 0) is 49.7 Å². The molecule has 2 heterocycles. The van der Waals surface area contributed by atoms with Crippen LogP contribution in [0.4, 0.5) is 0 Å². The second-order valence-electron chi connectivity index (χ2n) is 6.63. The summed E-state index contributed by atoms with van der Waals surface area (Å²) >= 11 is 3.65. The molecule has 4 heteroatoms. The average molecular weight is 338 g/mol. The van der Waals surface area contributed by atoms with Crippen LogP contribution in [0.2, 0.25) is 0 Å². The summed E-state index contributed by atoms with van der Waals surface area (Å²) in [5.74, 6) is 0.677. The fourth-order valence-corrected chi connectivity index (χ4v) is 6.27. The second-order valence-corrected chi connectivity index (χ2v) is 9.16. The quantitative estimate of drug-likeness (QED) is 0.828. The van der Waals surface area contributed by atoms with E-state index in [0.29, 0.717) is 18.0 Å². The third-order valence-corrected chi connectivity index (χ3v) is 8.85. The predicted molar refractivity (Wildman–Crippen MR) is 98.2 cm³/mol. The average Bonchev–Trinajstić information content (AvgIpc) is 2.57. The molecule has 0 amide bonds. The number of piperidine rings is 2. The van der Waals surface area contributed by atoms with E-state index in [2.05, 4.69) is 54.7 Å². The molecule has 0 radical (unpaired) electrons. The van der Waals surface area contributed by atoms with Gasteiger partial charge >= 0.3 is 0 Å². The molecular weight excluding hydrogens is 310 g/mol. The third kappa shape index (κ3) is 2.72. The Morgan fingerprint density at radius 1 is 1.09 bits per heavy atom. The highest BCUT2D eigenvalue weighted by Crippen LogP contribution is 2.52. The number of benzene rings is 1. The van der Waals surface area contributed by atoms with Gasteiger partial charge in [-0.2, -0.15) is 0 Å². The smallest absolute Gasteiger partial charge is 0.132 e. The summed E-state index contributed by atoms with van der Waals surface area (Å²) in [6.07, 6.45) is 8.63. The van der Waals surface area contributed by atoms with Crippen molar-refractivity contribution in [3.8, 4) is 0 Å². The molecule has 0 aliphatic carbocycles. The molecule has 2 aliphatic heterocycles. The van der Waals surface area contributed by atoms with E-state index < -0.39 is 0 Å². The molecule has 4 unspecified atom stereocenters. The molecule has 0 saturated carbocycles. The predicted octanol–water partition coefficient (Wildman–Crippen LogP) is 4.36. The first-order valence-corrected chi connectivity index (χ1v) is 10.7. The van der Waals surface area contributed by atoms with Crippen molar-refractivity contribution >= 4 is 23.5 Å². The number of hydrogen-bond donors (Lipinski definition) is 1. The summed E-state index contributed by atoms with van der Waals surface area (Å²) in [5, 5.41) is 11.2. The second kappa shape index (κ2) is 6.76. The molecule has 122 valence electrons. The van der Waals surface area contributed by atoms with Crippen LogP contribution >= 0.6 is 23.5 Å². The molecule has 1 aromatic rings. The molecule has 4 atom stereocenters. The SMILES string of the molecule is CSC1(SC)CCC2C(C)CCC(c3ccccc3)N2C1O. The Bertz CT molecular complexity index is 491. The highest BCUT2D eigenvalue weighted by atomic mass is 32.2. The van der Waals surface area contributed by atoms with Gasteiger partial charge < -0.3 is 5.11 Å². The molecule has 3 rings (SSSR count). The maximum Gasteiger partial charge on any atom is 0.132 e. The van der Waals surface area contributed by atoms with Gasteiger partial charge in [-0.3, -0.25) is 4.90 Å². The monoisotopic (exact) mass is 337 g/mol. The van der Waals surface area contributed by atoms with E-state index in [1.165, 1.54) is 18.4 Å². The molecule has 2 saturated heterocycles. The van der Waals surface area contributed by atoms with Gasteiger partial charge in [0.25, 0.3) is 0 Å². The van der Waals surface area contributed by atoms with Crippen molar-refractivity contribution in [2.24, 2.45) is 5.92 Å². The Morgan fingerprint density at radius 2 is 1.77 bits per heavy atom. The van der Waals surface area contributed by atoms with Crippen molar-refractivity contribution in [2.45, 2.75) is 55.0 Å². The zero-order valence-electron chi connectivity index (χ0n) is 13.7. The first-order valence-electron chi connectivity index (χ1n) is 8.23. The number of aliphatic hydroxyl groups excluding tert-OH is 1. The van der Waals surface area contributed by atoms with Crippen LogP contribution in [-0.4, -0.2) is 38.9 Å². The molecule has 0 spiro atoms. The number of fused-ring (bicyclic) bond motifs is 1. The van der Waals surface area contributed by atoms with Gasteiger partial charge in [0.2, 0.25) is 0 Å². The Morgan fingerprint density at radius 3 is 2.41 bits per heavy atom. The van der Waals surface area contributed by atoms with E-state index in [1.54, 1.807) is 0 Å². The van der Waals surface area contributed by atoms with Gasteiger partial charge in [0.15, 0.2) is 0 Å². The first kappa shape index (κ1) is 16.7. The minimum absolute atomic E-state index is 0.0827. The van der Waals surface area contributed by atoms with E-state index in [1.807, 2.05) is 23.5 Å². The Kier molecular flexibility index (Phi) is 5.13. The van der Waals surface area contributed by atoms with E-state index in [0.717, 1.165) is 12.8 Å². The summed E-state index contributed by atoms with van der Waals surface area (Å²) in [7, 11) is 0. The lowest BCUT2D eigenvalue weighted by molar-refractivity contribution is -0.119. The van der Waals surface area contributed by atoms with Crippen LogP contribution in [0.15, 0.2) is 30.3 Å². The Labute approximate surface area is 143 Å². The van der Waals surface area contributed by atoms with Crippen LogP contribution in [-0.2, 0) is 0 Å². The van der Waals surface area contributed by atoms with Gasteiger partial charge in [-0.15, -0.1) is 23.5 Å². The summed E-state index contributed by atoms with van der Waals surface area (Å²) in [5.41, 5.74) is 1.36. The summed E-state index contributed by atoms with van der Waals surface area (Å²) < 4.78 is -0.0827. The van der Waals surface area contributed by atoms with Crippen molar-refractivity contribution in [3.05, 3.63) is 35.9 Å². The maximum absolute atomic E-state index is 11.2. The van der Waals surface area contributed by atoms with Crippen LogP contribution in [0.1, 0.15) is 44.2 Å². The number of nitrogens with zero attached hydrogens (tertiary/aromatic N) is 1. The van der Waals surface area contributed by atoms with Crippen LogP contribution in [0.25, 0.3) is 0 Å². The van der Waals surface area contributed by atoms with Crippen molar-refractivity contribution in [1.29, 1.82) is 0 Å². The molecule has 1 aromatic carbocycles. The molecule has 0 aromatic heterocycles. The summed E-state index contributed by atoms with van der Waals surface area (Å²) in [4.78, 5) is 2.44. The van der Waals surface area contributed by atoms with Gasteiger partial charge in [-0.25, -0.2) is 0 Å². The van der Waals surface area contributed by atoms with E-state index in [9.17, 15) is 5.11 Å². The molecule has 2 nitrogen and oxygen atoms in total. The molecule has 2 fully saturated rings. The molecule has 2 aliphatic rings. The topological polar surface area (TPSA) is 23.5 Å². The lowest BCUT2D eigenvalue weighted by Crippen LogP contribution is -2.61. The lowest BCUT2D eigenvalue weighted by Gasteiger charge is -2.56. The van der Waals surface area contributed by atoms with Crippen LogP contribution < -0.4 is 0 Å². The fraction of sp³-hybridized carbons (Fsp3) is 0.667. The molecular formula is C18H27NOS2. The van der Waals surface area contributed by atoms with Crippen molar-refractivity contribution in [1.82, 2.24) is 4.90 Å². The maximum atomic E-state index is 11.2. The van der Waals surface area contributed by atoms with E-state index in [4.69, 9.17) is 0 Å². The van der Waals surface area contributed by atoms with Crippen LogP contribution in [0.5, 0.6) is 0 Å². The van der Waals surface area contributed by atoms with Gasteiger partial charge in [0.1, 0.15) is 6.23 Å². The number of rotatable bonds is 3. The third-order valence-electron chi connectivity index (χ3n) is 5.63. The van der Waals surface area contributed by atoms with E-state index in [-0.39, 0.29) is 10.3 Å². The minimum atomic E-state index is -0.371. The van der Waals surface area contributed by atoms with Crippen LogP contribution in [0.3, 0.4) is 0 Å². The molecule has 1 N–H and O–H groups in total. The van der Waals surface area contributed by atoms with Crippen LogP contribution in [0, 0.1) is 5.92 Å². The minimum Gasteiger partial charge on any atom is -0.376 e. The molecule has 0 bridgehead atoms. The number of thioether (sulfide) groups is 2. The standard InChI is InChI=1S/C18H27NOS2/c1-13-9-10-16(14-7-5-4-6-8-14)19-15(13)11-12-18(21-2,22-3)17(19)20/h4-8,13,15-17,20H,9-12H2,1-3H3. The van der Waals surface area contributed by atoms with E-state index >= 15 is 0 Å². The largest absolute Gasteiger partial charge is 0.376 e. The van der Waals surface area contributed by atoms with Crippen molar-refractivity contribution in [3.63, 3.8) is 0 Å². The first-order chi connectivity index (χ1) is 10.6. The number of hydrogen-bond acceptors (Lipinski definition) is 4. The summed E-state index contributed by atoms with van der Waals surface area (Å²) in [6.45, 7) is 2.36. The molecule has 22 heavy (non-hydrogen) atoms. The van der Waals surface area contributed by atoms with Crippen molar-refractivity contribution < 1.29 is 5.11 Å². The zero-order valence-corrected chi connectivity index (χ0v) is 15.4. The highest BCUT2D eigenvalue weighted by molar-refractivity contribution is 8.17. The Balaban J connectivity index is 1.96. The fourth-order valence-electron chi connectivity index (χ4n) is 4.29. The summed E-state index contributed by atoms with van der Waals surface area (Å²) in [6, 6.07) is 11.6. The Hall–Kier alpha value is -0.160. The number of aliphatic hydroxyl groups is 1. The zero-order chi connectivity index (χ0) is 15.7. The van der Waals surface area contributed by atoms with Gasteiger partial charge in [-0.1, -0.05) is 37.3 Å². The highest BCUT2D eigenvalue weighted by Gasteiger charge is 2.51.